The molecule has 1 amide bonds. The third kappa shape index (κ3) is 6.90. The van der Waals surface area contributed by atoms with Gasteiger partial charge in [0.25, 0.3) is 5.91 Å². The molecule has 0 aliphatic heterocycles. The SMILES string of the molecule is CN(CC(NS(=O)(=O)c1ccc(-c2ccccc2)cc1)C(=O)O)C(=O)c1cccc2c(CCCNc3ncc[nH]3)n[nH]c12. The number of carboxylic acids is 1. The quantitative estimate of drug-likeness (QED) is 0.128. The van der Waals surface area contributed by atoms with Crippen LogP contribution in [-0.4, -0.2) is 76.6 Å². The average Bonchev–Trinajstić information content (AvgIpc) is 3.69. The van der Waals surface area contributed by atoms with Gasteiger partial charge in [-0.1, -0.05) is 54.6 Å². The lowest BCUT2D eigenvalue weighted by Gasteiger charge is -2.23. The van der Waals surface area contributed by atoms with Crippen molar-refractivity contribution in [3.63, 3.8) is 0 Å². The summed E-state index contributed by atoms with van der Waals surface area (Å²) in [5.41, 5.74) is 3.36. The highest BCUT2D eigenvalue weighted by Gasteiger charge is 2.29. The van der Waals surface area contributed by atoms with Crippen molar-refractivity contribution in [3.05, 3.63) is 96.4 Å². The predicted molar refractivity (Wildman–Crippen MR) is 162 cm³/mol. The van der Waals surface area contributed by atoms with Gasteiger partial charge in [0.05, 0.1) is 21.7 Å². The highest BCUT2D eigenvalue weighted by atomic mass is 32.2. The Labute approximate surface area is 248 Å². The Morgan fingerprint density at radius 3 is 2.44 bits per heavy atom. The van der Waals surface area contributed by atoms with Gasteiger partial charge in [0.2, 0.25) is 10.0 Å². The maximum absolute atomic E-state index is 13.4. The first-order valence-electron chi connectivity index (χ1n) is 13.6. The summed E-state index contributed by atoms with van der Waals surface area (Å²) in [6.45, 7) is 0.276. The zero-order valence-electron chi connectivity index (χ0n) is 23.3. The summed E-state index contributed by atoms with van der Waals surface area (Å²) in [4.78, 5) is 33.7. The minimum atomic E-state index is -4.19. The lowest BCUT2D eigenvalue weighted by Crippen LogP contribution is -2.48. The molecule has 5 N–H and O–H groups in total. The fourth-order valence-corrected chi connectivity index (χ4v) is 5.91. The van der Waals surface area contributed by atoms with E-state index in [9.17, 15) is 23.1 Å². The summed E-state index contributed by atoms with van der Waals surface area (Å²) in [6, 6.07) is 19.2. The van der Waals surface area contributed by atoms with Gasteiger partial charge in [-0.25, -0.2) is 13.4 Å². The van der Waals surface area contributed by atoms with E-state index in [1.165, 1.54) is 24.1 Å². The van der Waals surface area contributed by atoms with Crippen molar-refractivity contribution in [2.24, 2.45) is 0 Å². The van der Waals surface area contributed by atoms with Gasteiger partial charge in [-0.15, -0.1) is 0 Å². The third-order valence-electron chi connectivity index (χ3n) is 6.96. The van der Waals surface area contributed by atoms with Crippen LogP contribution in [0.1, 0.15) is 22.5 Å². The van der Waals surface area contributed by atoms with Crippen molar-refractivity contribution < 1.29 is 23.1 Å². The Morgan fingerprint density at radius 2 is 1.74 bits per heavy atom. The summed E-state index contributed by atoms with van der Waals surface area (Å²) in [5, 5.41) is 21.1. The molecular formula is C30H31N7O5S. The van der Waals surface area contributed by atoms with E-state index in [0.29, 0.717) is 30.0 Å². The van der Waals surface area contributed by atoms with Crippen molar-refractivity contribution in [1.29, 1.82) is 0 Å². The number of para-hydroxylation sites is 1. The predicted octanol–water partition coefficient (Wildman–Crippen LogP) is 3.50. The maximum atomic E-state index is 13.4. The van der Waals surface area contributed by atoms with Crippen LogP contribution in [0, 0.1) is 0 Å². The highest BCUT2D eigenvalue weighted by molar-refractivity contribution is 7.89. The number of imidazole rings is 1. The van der Waals surface area contributed by atoms with Gasteiger partial charge in [-0.05, 0) is 42.2 Å². The van der Waals surface area contributed by atoms with Gasteiger partial charge < -0.3 is 20.3 Å². The summed E-state index contributed by atoms with van der Waals surface area (Å²) in [6.07, 6.45) is 4.82. The molecule has 0 saturated heterocycles. The van der Waals surface area contributed by atoms with Crippen LogP contribution in [0.5, 0.6) is 0 Å². The van der Waals surface area contributed by atoms with Gasteiger partial charge in [0, 0.05) is 37.9 Å². The first-order chi connectivity index (χ1) is 20.7. The summed E-state index contributed by atoms with van der Waals surface area (Å²) in [7, 11) is -2.76. The number of fused-ring (bicyclic) bond motifs is 1. The molecule has 5 aromatic rings. The van der Waals surface area contributed by atoms with Crippen molar-refractivity contribution in [1.82, 2.24) is 29.8 Å². The molecule has 222 valence electrons. The van der Waals surface area contributed by atoms with Crippen molar-refractivity contribution in [3.8, 4) is 11.1 Å². The van der Waals surface area contributed by atoms with E-state index < -0.39 is 34.5 Å². The molecule has 12 nitrogen and oxygen atoms in total. The number of carbonyl (C=O) groups excluding carboxylic acids is 1. The van der Waals surface area contributed by atoms with Crippen molar-refractivity contribution in [2.75, 3.05) is 25.5 Å². The number of benzene rings is 3. The van der Waals surface area contributed by atoms with Crippen LogP contribution in [0.3, 0.4) is 0 Å². The van der Waals surface area contributed by atoms with Crippen LogP contribution in [0.15, 0.2) is 90.1 Å². The monoisotopic (exact) mass is 601 g/mol. The molecule has 0 bridgehead atoms. The topological polar surface area (TPSA) is 173 Å². The highest BCUT2D eigenvalue weighted by Crippen LogP contribution is 2.23. The minimum Gasteiger partial charge on any atom is -0.480 e. The summed E-state index contributed by atoms with van der Waals surface area (Å²) in [5.74, 6) is -1.20. The Morgan fingerprint density at radius 1 is 1.00 bits per heavy atom. The van der Waals surface area contributed by atoms with Crippen molar-refractivity contribution >= 4 is 38.8 Å². The average molecular weight is 602 g/mol. The Bertz CT molecular complexity index is 1810. The number of rotatable bonds is 13. The molecule has 1 atom stereocenters. The second kappa shape index (κ2) is 12.9. The molecular weight excluding hydrogens is 570 g/mol. The first kappa shape index (κ1) is 29.5. The number of hydrogen-bond donors (Lipinski definition) is 5. The van der Waals surface area contributed by atoms with E-state index >= 15 is 0 Å². The Hall–Kier alpha value is -5.01. The number of nitrogens with zero attached hydrogens (tertiary/aromatic N) is 3. The minimum absolute atomic E-state index is 0.0819. The van der Waals surface area contributed by atoms with Crippen LogP contribution in [0.2, 0.25) is 0 Å². The Balaban J connectivity index is 1.25. The molecule has 0 fully saturated rings. The lowest BCUT2D eigenvalue weighted by atomic mass is 10.1. The first-order valence-corrected chi connectivity index (χ1v) is 15.1. The number of carboxylic acid groups (broad SMARTS) is 1. The number of aliphatic carboxylic acids is 1. The van der Waals surface area contributed by atoms with Gasteiger partial charge in [0.15, 0.2) is 5.95 Å². The largest absolute Gasteiger partial charge is 0.480 e. The smallest absolute Gasteiger partial charge is 0.323 e. The number of aromatic nitrogens is 4. The van der Waals surface area contributed by atoms with Gasteiger partial charge in [-0.3, -0.25) is 14.7 Å². The number of carbonyl (C=O) groups is 2. The molecule has 0 saturated carbocycles. The molecule has 43 heavy (non-hydrogen) atoms. The van der Waals surface area contributed by atoms with E-state index in [0.717, 1.165) is 28.6 Å². The zero-order valence-corrected chi connectivity index (χ0v) is 24.1. The number of nitrogens with one attached hydrogen (secondary N) is 4. The fraction of sp³-hybridized carbons (Fsp3) is 0.200. The normalized spacial score (nSPS) is 12.2. The van der Waals surface area contributed by atoms with Crippen LogP contribution in [0.4, 0.5) is 5.95 Å². The number of likely N-dealkylation sites (N-methyl/N-ethyl adjacent to an activating group) is 1. The number of sulfonamides is 1. The molecule has 2 heterocycles. The summed E-state index contributed by atoms with van der Waals surface area (Å²) < 4.78 is 28.4. The number of H-pyrrole nitrogens is 2. The van der Waals surface area contributed by atoms with Gasteiger partial charge in [-0.2, -0.15) is 9.82 Å². The second-order valence-corrected chi connectivity index (χ2v) is 11.7. The molecule has 0 spiro atoms. The fourth-order valence-electron chi connectivity index (χ4n) is 4.73. The molecule has 0 aliphatic carbocycles. The zero-order chi connectivity index (χ0) is 30.4. The molecule has 3 aromatic carbocycles. The molecule has 1 unspecified atom stereocenters. The number of hydrogen-bond acceptors (Lipinski definition) is 7. The van der Waals surface area contributed by atoms with E-state index in [1.807, 2.05) is 36.4 Å². The van der Waals surface area contributed by atoms with Gasteiger partial charge in [0.1, 0.15) is 6.04 Å². The number of anilines is 1. The lowest BCUT2D eigenvalue weighted by molar-refractivity contribution is -0.139. The van der Waals surface area contributed by atoms with E-state index in [2.05, 4.69) is 30.2 Å². The maximum Gasteiger partial charge on any atom is 0.323 e. The molecule has 0 aliphatic rings. The van der Waals surface area contributed by atoms with E-state index in [1.54, 1.807) is 36.7 Å². The molecule has 13 heteroatoms. The van der Waals surface area contributed by atoms with Crippen LogP contribution in [-0.2, 0) is 21.2 Å². The molecule has 2 aromatic heterocycles. The summed E-state index contributed by atoms with van der Waals surface area (Å²) >= 11 is 0. The number of aromatic amines is 2. The molecule has 5 rings (SSSR count). The Kier molecular flexibility index (Phi) is 8.83. The van der Waals surface area contributed by atoms with Crippen LogP contribution < -0.4 is 10.0 Å². The second-order valence-electron chi connectivity index (χ2n) is 9.95. The molecule has 0 radical (unpaired) electrons. The number of aryl methyl sites for hydroxylation is 1. The standard InChI is InChI=1S/C30H31N7O5S/c1-37(19-26(29(39)40)36-43(41,42)22-14-12-21(13-15-22)20-7-3-2-4-8-20)28(38)24-10-5-9-23-25(34-35-27(23)24)11-6-16-31-30-32-17-18-33-30/h2-5,7-10,12-15,17-18,26,36H,6,11,16,19H2,1H3,(H,34,35)(H,39,40)(H2,31,32,33). The van der Waals surface area contributed by atoms with Gasteiger partial charge >= 0.3 is 5.97 Å². The van der Waals surface area contributed by atoms with Crippen molar-refractivity contribution in [2.45, 2.75) is 23.8 Å². The third-order valence-corrected chi connectivity index (χ3v) is 8.45. The van der Waals surface area contributed by atoms with Crippen LogP contribution >= 0.6 is 0 Å². The van der Waals surface area contributed by atoms with E-state index in [4.69, 9.17) is 0 Å². The van der Waals surface area contributed by atoms with E-state index in [-0.39, 0.29) is 4.90 Å². The number of amides is 1. The van der Waals surface area contributed by atoms with Crippen LogP contribution in [0.25, 0.3) is 22.0 Å².